The van der Waals surface area contributed by atoms with Gasteiger partial charge in [0.15, 0.2) is 0 Å². The molecular weight excluding hydrogens is 241 g/mol. The van der Waals surface area contributed by atoms with Crippen molar-refractivity contribution in [1.29, 1.82) is 0 Å². The minimum atomic E-state index is -0.0856. The molecular formula is C16H26FNO. The maximum Gasteiger partial charge on any atom is 0.126 e. The van der Waals surface area contributed by atoms with E-state index in [1.807, 2.05) is 12.1 Å². The summed E-state index contributed by atoms with van der Waals surface area (Å²) in [5.41, 5.74) is 0.837. The number of benzene rings is 1. The van der Waals surface area contributed by atoms with Crippen molar-refractivity contribution in [3.05, 3.63) is 35.6 Å². The summed E-state index contributed by atoms with van der Waals surface area (Å²) < 4.78 is 18.9. The van der Waals surface area contributed by atoms with Gasteiger partial charge < -0.3 is 10.1 Å². The molecule has 0 bridgehead atoms. The standard InChI is InChI=1S/C16H26FNO/c1-3-4-5-8-14(13-18-11-12-19-2)15-9-6-7-10-16(15)17/h6-7,9-10,14,18H,3-5,8,11-13H2,1-2H3. The van der Waals surface area contributed by atoms with E-state index in [0.717, 1.165) is 31.5 Å². The lowest BCUT2D eigenvalue weighted by molar-refractivity contribution is 0.198. The summed E-state index contributed by atoms with van der Waals surface area (Å²) in [6.07, 6.45) is 4.60. The van der Waals surface area contributed by atoms with Crippen LogP contribution in [0, 0.1) is 5.82 Å². The van der Waals surface area contributed by atoms with Gasteiger partial charge in [-0.05, 0) is 24.0 Å². The smallest absolute Gasteiger partial charge is 0.126 e. The Balaban J connectivity index is 2.55. The first-order valence-electron chi connectivity index (χ1n) is 7.23. The van der Waals surface area contributed by atoms with E-state index in [0.29, 0.717) is 6.61 Å². The first kappa shape index (κ1) is 16.1. The van der Waals surface area contributed by atoms with Gasteiger partial charge in [0.2, 0.25) is 0 Å². The van der Waals surface area contributed by atoms with Gasteiger partial charge in [0, 0.05) is 20.2 Å². The van der Waals surface area contributed by atoms with Crippen LogP contribution in [0.15, 0.2) is 24.3 Å². The number of nitrogens with one attached hydrogen (secondary N) is 1. The normalized spacial score (nSPS) is 12.6. The molecule has 1 N–H and O–H groups in total. The number of ether oxygens (including phenoxy) is 1. The number of unbranched alkanes of at least 4 members (excludes halogenated alkanes) is 2. The van der Waals surface area contributed by atoms with Crippen molar-refractivity contribution in [2.75, 3.05) is 26.8 Å². The van der Waals surface area contributed by atoms with Crippen LogP contribution in [0.2, 0.25) is 0 Å². The van der Waals surface area contributed by atoms with Crippen molar-refractivity contribution < 1.29 is 9.13 Å². The Morgan fingerprint density at radius 1 is 1.26 bits per heavy atom. The lowest BCUT2D eigenvalue weighted by Crippen LogP contribution is -2.25. The van der Waals surface area contributed by atoms with Crippen molar-refractivity contribution in [1.82, 2.24) is 5.32 Å². The highest BCUT2D eigenvalue weighted by atomic mass is 19.1. The minimum Gasteiger partial charge on any atom is -0.383 e. The van der Waals surface area contributed by atoms with Gasteiger partial charge >= 0.3 is 0 Å². The van der Waals surface area contributed by atoms with Crippen LogP contribution in [0.4, 0.5) is 4.39 Å². The average molecular weight is 267 g/mol. The van der Waals surface area contributed by atoms with E-state index < -0.39 is 0 Å². The topological polar surface area (TPSA) is 21.3 Å². The quantitative estimate of drug-likeness (QED) is 0.652. The van der Waals surface area contributed by atoms with Gasteiger partial charge in [-0.3, -0.25) is 0 Å². The molecule has 1 atom stereocenters. The fraction of sp³-hybridized carbons (Fsp3) is 0.625. The molecule has 19 heavy (non-hydrogen) atoms. The van der Waals surface area contributed by atoms with Gasteiger partial charge in [0.25, 0.3) is 0 Å². The monoisotopic (exact) mass is 267 g/mol. The summed E-state index contributed by atoms with van der Waals surface area (Å²) in [5.74, 6) is 0.169. The first-order valence-corrected chi connectivity index (χ1v) is 7.23. The molecule has 0 aliphatic rings. The molecule has 1 rings (SSSR count). The number of methoxy groups -OCH3 is 1. The lowest BCUT2D eigenvalue weighted by Gasteiger charge is -2.18. The Kier molecular flexibility index (Phi) is 8.43. The Morgan fingerprint density at radius 3 is 2.74 bits per heavy atom. The van der Waals surface area contributed by atoms with Crippen LogP contribution in [0.25, 0.3) is 0 Å². The van der Waals surface area contributed by atoms with E-state index in [4.69, 9.17) is 4.74 Å². The van der Waals surface area contributed by atoms with Crippen LogP contribution in [-0.2, 0) is 4.74 Å². The molecule has 0 saturated carbocycles. The zero-order chi connectivity index (χ0) is 13.9. The summed E-state index contributed by atoms with van der Waals surface area (Å²) in [5, 5.41) is 3.35. The van der Waals surface area contributed by atoms with Crippen molar-refractivity contribution in [2.24, 2.45) is 0 Å². The van der Waals surface area contributed by atoms with Crippen LogP contribution in [0.1, 0.15) is 44.1 Å². The number of hydrogen-bond donors (Lipinski definition) is 1. The zero-order valence-corrected chi connectivity index (χ0v) is 12.1. The molecule has 0 aromatic heterocycles. The van der Waals surface area contributed by atoms with Gasteiger partial charge in [-0.15, -0.1) is 0 Å². The molecule has 0 aliphatic carbocycles. The van der Waals surface area contributed by atoms with Crippen LogP contribution >= 0.6 is 0 Å². The molecule has 3 heteroatoms. The van der Waals surface area contributed by atoms with Gasteiger partial charge in [0.1, 0.15) is 5.82 Å². The molecule has 1 aromatic rings. The molecule has 108 valence electrons. The van der Waals surface area contributed by atoms with Crippen LogP contribution < -0.4 is 5.32 Å². The number of rotatable bonds is 10. The fourth-order valence-corrected chi connectivity index (χ4v) is 2.26. The van der Waals surface area contributed by atoms with Crippen LogP contribution in [0.5, 0.6) is 0 Å². The first-order chi connectivity index (χ1) is 9.29. The second-order valence-corrected chi connectivity index (χ2v) is 4.91. The highest BCUT2D eigenvalue weighted by Gasteiger charge is 2.14. The van der Waals surface area contributed by atoms with E-state index in [2.05, 4.69) is 12.2 Å². The van der Waals surface area contributed by atoms with E-state index in [1.165, 1.54) is 12.8 Å². The summed E-state index contributed by atoms with van der Waals surface area (Å²) >= 11 is 0. The Labute approximate surface area is 116 Å². The summed E-state index contributed by atoms with van der Waals surface area (Å²) in [6, 6.07) is 7.13. The van der Waals surface area contributed by atoms with Gasteiger partial charge in [-0.2, -0.15) is 0 Å². The highest BCUT2D eigenvalue weighted by Crippen LogP contribution is 2.24. The molecule has 0 aliphatic heterocycles. The SMILES string of the molecule is CCCCCC(CNCCOC)c1ccccc1F. The molecule has 0 saturated heterocycles. The Bertz CT molecular complexity index is 343. The molecule has 0 radical (unpaired) electrons. The molecule has 0 heterocycles. The summed E-state index contributed by atoms with van der Waals surface area (Å²) in [4.78, 5) is 0. The maximum absolute atomic E-state index is 13.9. The lowest BCUT2D eigenvalue weighted by atomic mass is 9.92. The fourth-order valence-electron chi connectivity index (χ4n) is 2.26. The third kappa shape index (κ3) is 6.17. The van der Waals surface area contributed by atoms with Crippen LogP contribution in [-0.4, -0.2) is 26.8 Å². The maximum atomic E-state index is 13.9. The second-order valence-electron chi connectivity index (χ2n) is 4.91. The van der Waals surface area contributed by atoms with Gasteiger partial charge in [-0.25, -0.2) is 4.39 Å². The largest absolute Gasteiger partial charge is 0.383 e. The zero-order valence-electron chi connectivity index (χ0n) is 12.1. The third-order valence-electron chi connectivity index (χ3n) is 3.37. The van der Waals surface area contributed by atoms with E-state index in [9.17, 15) is 4.39 Å². The number of hydrogen-bond acceptors (Lipinski definition) is 2. The molecule has 0 spiro atoms. The molecule has 1 aromatic carbocycles. The summed E-state index contributed by atoms with van der Waals surface area (Å²) in [7, 11) is 1.69. The van der Waals surface area contributed by atoms with Crippen molar-refractivity contribution >= 4 is 0 Å². The predicted octanol–water partition coefficient (Wildman–Crippen LogP) is 3.73. The Morgan fingerprint density at radius 2 is 2.05 bits per heavy atom. The number of halogens is 1. The van der Waals surface area contributed by atoms with Gasteiger partial charge in [0.05, 0.1) is 6.61 Å². The Hall–Kier alpha value is -0.930. The molecule has 0 fully saturated rings. The van der Waals surface area contributed by atoms with Gasteiger partial charge in [-0.1, -0.05) is 44.4 Å². The van der Waals surface area contributed by atoms with Crippen molar-refractivity contribution in [3.8, 4) is 0 Å². The van der Waals surface area contributed by atoms with E-state index >= 15 is 0 Å². The third-order valence-corrected chi connectivity index (χ3v) is 3.37. The average Bonchev–Trinajstić information content (AvgIpc) is 2.42. The van der Waals surface area contributed by atoms with Crippen LogP contribution in [0.3, 0.4) is 0 Å². The van der Waals surface area contributed by atoms with Crippen molar-refractivity contribution in [2.45, 2.75) is 38.5 Å². The highest BCUT2D eigenvalue weighted by molar-refractivity contribution is 5.22. The van der Waals surface area contributed by atoms with Crippen molar-refractivity contribution in [3.63, 3.8) is 0 Å². The minimum absolute atomic E-state index is 0.0856. The molecule has 0 amide bonds. The van der Waals surface area contributed by atoms with E-state index in [1.54, 1.807) is 19.2 Å². The second kappa shape index (κ2) is 9.93. The summed E-state index contributed by atoms with van der Waals surface area (Å²) in [6.45, 7) is 4.51. The molecule has 2 nitrogen and oxygen atoms in total. The molecule has 1 unspecified atom stereocenters. The predicted molar refractivity (Wildman–Crippen MR) is 78.0 cm³/mol. The van der Waals surface area contributed by atoms with E-state index in [-0.39, 0.29) is 11.7 Å².